The number of aromatic nitrogens is 2. The van der Waals surface area contributed by atoms with E-state index in [1.807, 2.05) is 70.3 Å². The van der Waals surface area contributed by atoms with Crippen molar-refractivity contribution in [3.63, 3.8) is 0 Å². The van der Waals surface area contributed by atoms with Crippen molar-refractivity contribution in [1.29, 1.82) is 0 Å². The first-order valence-electron chi connectivity index (χ1n) is 29.1. The second-order valence-corrected chi connectivity index (χ2v) is 24.6. The number of anilines is 1. The van der Waals surface area contributed by atoms with Crippen molar-refractivity contribution in [3.05, 3.63) is 143 Å². The second-order valence-electron chi connectivity index (χ2n) is 20.6. The summed E-state index contributed by atoms with van der Waals surface area (Å²) in [6.45, 7) is 10.2. The molecule has 5 atom stereocenters. The van der Waals surface area contributed by atoms with Crippen LogP contribution < -0.4 is 42.6 Å². The molecule has 91 heavy (non-hydrogen) atoms. The molecular formula is C61H74N11O16PS2. The predicted molar refractivity (Wildman–Crippen MR) is 344 cm³/mol. The van der Waals surface area contributed by atoms with Crippen molar-refractivity contribution >= 4 is 69.7 Å². The molecule has 7 N–H and O–H groups in total. The number of hydrogen-bond donors (Lipinski definition) is 7. The van der Waals surface area contributed by atoms with Gasteiger partial charge in [-0.05, 0) is 106 Å². The number of phosphoric acid groups is 1. The third-order valence-electron chi connectivity index (χ3n) is 14.0. The third-order valence-corrected chi connectivity index (χ3v) is 16.4. The van der Waals surface area contributed by atoms with Crippen LogP contribution in [0.2, 0.25) is 0 Å². The molecule has 1 saturated heterocycles. The SMILES string of the molecule is CCN=c1cc2oc3cc(NCC)c(C)cc3c(-c3ccccc3C(=O)N(C)CCCC(=O)NCCNC(=O)c3cccc(OCC(N=[N+]=[N-])OCCOCC(=O)NCC#Cc4cn([C@H]5CC(O[C@@H](C)SSC)[C@@H](COP(=O)(O)O)O5)c(=O)[nH]c4=O)c3)c-2cc1C. The Labute approximate surface area is 532 Å². The molecule has 3 aliphatic rings. The molecule has 0 bridgehead atoms. The minimum Gasteiger partial charge on any atom is -0.491 e. The van der Waals surface area contributed by atoms with E-state index in [9.17, 15) is 43.1 Å². The lowest BCUT2D eigenvalue weighted by molar-refractivity contribution is -0.126. The van der Waals surface area contributed by atoms with Gasteiger partial charge in [-0.3, -0.25) is 43.0 Å². The van der Waals surface area contributed by atoms with E-state index in [-0.39, 0.29) is 86.4 Å². The van der Waals surface area contributed by atoms with Crippen LogP contribution in [0.5, 0.6) is 5.75 Å². The fourth-order valence-corrected chi connectivity index (χ4v) is 11.5. The smallest absolute Gasteiger partial charge is 0.469 e. The van der Waals surface area contributed by atoms with Gasteiger partial charge in [0.2, 0.25) is 11.8 Å². The minimum atomic E-state index is -4.85. The molecular weight excluding hydrogens is 1240 g/mol. The number of H-pyrrole nitrogens is 1. The van der Waals surface area contributed by atoms with Gasteiger partial charge in [-0.25, -0.2) is 9.36 Å². The van der Waals surface area contributed by atoms with Crippen LogP contribution in [0.25, 0.3) is 43.9 Å². The quantitative estimate of drug-likeness (QED) is 0.00263. The van der Waals surface area contributed by atoms with Gasteiger partial charge in [-0.2, -0.15) is 0 Å². The summed E-state index contributed by atoms with van der Waals surface area (Å²) in [7, 11) is -0.279. The average Bonchev–Trinajstić information content (AvgIpc) is 1.20. The molecule has 3 heterocycles. The zero-order chi connectivity index (χ0) is 65.6. The van der Waals surface area contributed by atoms with E-state index in [2.05, 4.69) is 69.8 Å². The Morgan fingerprint density at radius 1 is 0.989 bits per heavy atom. The van der Waals surface area contributed by atoms with Gasteiger partial charge in [0.25, 0.3) is 17.4 Å². The van der Waals surface area contributed by atoms with E-state index in [4.69, 9.17) is 33.6 Å². The molecule has 2 unspecified atom stereocenters. The Hall–Kier alpha value is -7.97. The maximum Gasteiger partial charge on any atom is 0.469 e. The molecule has 1 fully saturated rings. The van der Waals surface area contributed by atoms with Crippen molar-refractivity contribution in [3.8, 4) is 40.0 Å². The Morgan fingerprint density at radius 3 is 2.54 bits per heavy atom. The van der Waals surface area contributed by atoms with Gasteiger partial charge in [-0.1, -0.05) is 62.8 Å². The number of benzene rings is 4. The molecule has 0 radical (unpaired) electrons. The minimum absolute atomic E-state index is 0.0777. The lowest BCUT2D eigenvalue weighted by Gasteiger charge is -2.22. The Morgan fingerprint density at radius 2 is 1.78 bits per heavy atom. The first kappa shape index (κ1) is 70.5. The summed E-state index contributed by atoms with van der Waals surface area (Å²) >= 11 is 0. The molecule has 0 spiro atoms. The summed E-state index contributed by atoms with van der Waals surface area (Å²) in [5.74, 6) is 4.73. The third kappa shape index (κ3) is 20.5. The maximum atomic E-state index is 14.3. The number of aryl methyl sites for hydroxylation is 2. The van der Waals surface area contributed by atoms with E-state index >= 15 is 0 Å². The molecule has 0 saturated carbocycles. The van der Waals surface area contributed by atoms with Crippen molar-refractivity contribution in [2.75, 3.05) is 90.9 Å². The Kier molecular flexibility index (Phi) is 26.7. The number of rotatable bonds is 32. The van der Waals surface area contributed by atoms with E-state index in [1.165, 1.54) is 33.9 Å². The van der Waals surface area contributed by atoms with Gasteiger partial charge in [-0.15, -0.1) is 0 Å². The summed E-state index contributed by atoms with van der Waals surface area (Å²) in [6.07, 6.45) is -0.168. The second kappa shape index (κ2) is 34.5. The number of azide groups is 1. The van der Waals surface area contributed by atoms with E-state index in [0.717, 1.165) is 55.4 Å². The highest BCUT2D eigenvalue weighted by Gasteiger charge is 2.40. The highest BCUT2D eigenvalue weighted by molar-refractivity contribution is 8.76. The first-order valence-corrected chi connectivity index (χ1v) is 33.3. The van der Waals surface area contributed by atoms with Gasteiger partial charge >= 0.3 is 13.5 Å². The fraction of sp³-hybridized carbons (Fsp3) is 0.426. The van der Waals surface area contributed by atoms with Gasteiger partial charge < -0.3 is 64.1 Å². The number of carbonyl (C=O) groups is 4. The number of aromatic amines is 1. The molecule has 7 rings (SSSR count). The monoisotopic (exact) mass is 1310 g/mol. The molecule has 27 nitrogen and oxygen atoms in total. The number of amides is 4. The van der Waals surface area contributed by atoms with Crippen LogP contribution in [0.3, 0.4) is 0 Å². The summed E-state index contributed by atoms with van der Waals surface area (Å²) in [6, 6.07) is 21.9. The van der Waals surface area contributed by atoms with Gasteiger partial charge in [0, 0.05) is 109 Å². The number of nitrogens with one attached hydrogen (secondary N) is 5. The molecule has 2 aliphatic heterocycles. The summed E-state index contributed by atoms with van der Waals surface area (Å²) in [4.78, 5) is 108. The van der Waals surface area contributed by atoms with E-state index < -0.39 is 68.8 Å². The molecule has 4 aromatic rings. The molecule has 30 heteroatoms. The molecule has 486 valence electrons. The largest absolute Gasteiger partial charge is 0.491 e. The molecule has 1 aromatic heterocycles. The molecule has 1 aliphatic carbocycles. The number of phosphoric ester groups is 1. The van der Waals surface area contributed by atoms with Gasteiger partial charge in [0.05, 0.1) is 37.8 Å². The standard InChI is InChI=1S/C61H74N11O16PS2/c1-8-63-47-30-49-45(27-37(47)3)57(46-28-38(4)48(64-9-2)31-50(46)87-49)43-18-10-11-19-44(43)60(77)71(6)24-14-20-53(73)66-22-23-67-58(75)40-15-12-17-42(29-40)84-36-55(69-70-62)83-26-25-82-35-54(74)65-21-13-16-41-33-72(61(78)68-59(41)76)56-32-51(86-39(5)91-90-7)52(88-56)34-85-89(79,80)81/h10-12,15,17-19,27-31,33,39,51-52,55-56,63H,8-9,14,20-26,32,34-36H2,1-7H3,(H,65,74)(H,66,73)(H,67,75)(H,68,76,78)(H2,79,80,81)/t39-,51?,52-,55?,56-/m1/s1. The molecule has 3 aromatic carbocycles. The molecule has 4 amide bonds. The topological polar surface area (TPSA) is 362 Å². The normalized spacial score (nSPS) is 15.5. The lowest BCUT2D eigenvalue weighted by Crippen LogP contribution is -2.35. The highest BCUT2D eigenvalue weighted by atomic mass is 33.1. The fourth-order valence-electron chi connectivity index (χ4n) is 9.78. The van der Waals surface area contributed by atoms with Crippen LogP contribution in [0.4, 0.5) is 5.69 Å². The Bertz CT molecular complexity index is 3880. The van der Waals surface area contributed by atoms with Crippen LogP contribution in [-0.2, 0) is 37.6 Å². The Balaban J connectivity index is 0.806. The number of hydrogen-bond acceptors (Lipinski definition) is 19. The van der Waals surface area contributed by atoms with Crippen LogP contribution in [0, 0.1) is 25.7 Å². The number of fused-ring (bicyclic) bond motifs is 2. The van der Waals surface area contributed by atoms with Crippen molar-refractivity contribution in [2.45, 2.75) is 84.0 Å². The number of nitrogens with zero attached hydrogens (tertiary/aromatic N) is 6. The zero-order valence-corrected chi connectivity index (χ0v) is 53.9. The highest BCUT2D eigenvalue weighted by Crippen LogP contribution is 2.44. The zero-order valence-electron chi connectivity index (χ0n) is 51.3. The maximum absolute atomic E-state index is 14.3. The van der Waals surface area contributed by atoms with E-state index in [0.29, 0.717) is 36.4 Å². The van der Waals surface area contributed by atoms with E-state index in [1.54, 1.807) is 37.1 Å². The van der Waals surface area contributed by atoms with Crippen molar-refractivity contribution in [2.24, 2.45) is 10.1 Å². The van der Waals surface area contributed by atoms with Crippen LogP contribution in [0.1, 0.15) is 83.7 Å². The van der Waals surface area contributed by atoms with Gasteiger partial charge in [0.1, 0.15) is 53.6 Å². The van der Waals surface area contributed by atoms with Gasteiger partial charge in [0.15, 0.2) is 6.23 Å². The summed E-state index contributed by atoms with van der Waals surface area (Å²) in [5.41, 5.74) is 14.0. The van der Waals surface area contributed by atoms with Crippen LogP contribution in [-0.4, -0.2) is 157 Å². The number of carbonyl (C=O) groups excluding carboxylic acids is 4. The lowest BCUT2D eigenvalue weighted by atomic mass is 9.89. The summed E-state index contributed by atoms with van der Waals surface area (Å²) < 4.78 is 52.3. The first-order chi connectivity index (χ1) is 43.7. The summed E-state index contributed by atoms with van der Waals surface area (Å²) in [5, 5.41) is 16.8. The predicted octanol–water partition coefficient (Wildman–Crippen LogP) is 6.78. The van der Waals surface area contributed by atoms with Crippen molar-refractivity contribution < 1.29 is 66.2 Å². The average molecular weight is 1310 g/mol. The van der Waals surface area contributed by atoms with Crippen molar-refractivity contribution in [1.82, 2.24) is 30.4 Å². The van der Waals surface area contributed by atoms with Crippen LogP contribution >= 0.6 is 29.4 Å². The van der Waals surface area contributed by atoms with Crippen LogP contribution in [0.15, 0.2) is 103 Å². The number of ether oxygens (including phenoxy) is 5.